The lowest BCUT2D eigenvalue weighted by atomic mass is 9.94. The predicted molar refractivity (Wildman–Crippen MR) is 185 cm³/mol. The van der Waals surface area contributed by atoms with Crippen LogP contribution in [0.5, 0.6) is 0 Å². The largest absolute Gasteiger partial charge is 0.481 e. The number of nitrogens with zero attached hydrogens (tertiary/aromatic N) is 2. The van der Waals surface area contributed by atoms with Crippen molar-refractivity contribution in [3.8, 4) is 0 Å². The predicted octanol–water partition coefficient (Wildman–Crippen LogP) is 4.36. The number of carboxylic acids is 1. The third kappa shape index (κ3) is 11.7. The molecule has 4 N–H and O–H groups in total. The highest BCUT2D eigenvalue weighted by atomic mass is 35.5. The molecule has 13 heteroatoms. The molecule has 260 valence electrons. The van der Waals surface area contributed by atoms with Gasteiger partial charge in [-0.25, -0.2) is 4.98 Å². The summed E-state index contributed by atoms with van der Waals surface area (Å²) in [7, 11) is 1.91. The first-order chi connectivity index (χ1) is 21.8. The van der Waals surface area contributed by atoms with E-state index >= 15 is 0 Å². The molecule has 1 aliphatic heterocycles. The highest BCUT2D eigenvalue weighted by molar-refractivity contribution is 7.11. The van der Waals surface area contributed by atoms with E-state index in [1.54, 1.807) is 6.92 Å². The average molecular weight is 692 g/mol. The summed E-state index contributed by atoms with van der Waals surface area (Å²) in [6.07, 6.45) is 3.04. The number of likely N-dealkylation sites (tertiary alicyclic amines) is 1. The molecule has 11 nitrogen and oxygen atoms in total. The number of rotatable bonds is 17. The number of carbonyl (C=O) groups excluding carboxylic acids is 4. The van der Waals surface area contributed by atoms with Crippen molar-refractivity contribution in [2.45, 2.75) is 97.3 Å². The number of amides is 3. The van der Waals surface area contributed by atoms with Gasteiger partial charge in [0.05, 0.1) is 12.0 Å². The summed E-state index contributed by atoms with van der Waals surface area (Å²) in [6, 6.07) is 7.55. The molecule has 3 amide bonds. The number of nitrogens with one attached hydrogen (secondary N) is 3. The minimum Gasteiger partial charge on any atom is -0.481 e. The summed E-state index contributed by atoms with van der Waals surface area (Å²) in [5.41, 5.74) is 1.04. The maximum Gasteiger partial charge on any atom is 0.306 e. The van der Waals surface area contributed by atoms with E-state index in [9.17, 15) is 29.1 Å². The van der Waals surface area contributed by atoms with Crippen LogP contribution in [0.25, 0.3) is 0 Å². The van der Waals surface area contributed by atoms with Crippen LogP contribution in [0.3, 0.4) is 0 Å². The lowest BCUT2D eigenvalue weighted by Gasteiger charge is -2.29. The maximum atomic E-state index is 13.5. The van der Waals surface area contributed by atoms with Crippen molar-refractivity contribution in [2.24, 2.45) is 17.8 Å². The van der Waals surface area contributed by atoms with Gasteiger partial charge < -0.3 is 21.1 Å². The standard InChI is InChI=1S/C34H49N5O6S.ClH/c1-7-21(4)29(38-31(42)27-14-11-15-39(27)6)32(43)36-25(20(2)3)18-28(40)33-37-26(19-46-33)30(41)35-24(16-22(5)34(44)45)17-23-12-9-8-10-13-23;/h8-10,12-13,19-22,24-25,27,29H,7,11,14-18H2,1-6H3,(H,35,41)(H,36,43)(H,38,42)(H,44,45);1H/t21-,22-,24+,25+,27+,29-;/m0./s1. The van der Waals surface area contributed by atoms with E-state index in [0.29, 0.717) is 12.8 Å². The van der Waals surface area contributed by atoms with Gasteiger partial charge in [-0.05, 0) is 56.7 Å². The third-order valence-corrected chi connectivity index (χ3v) is 9.73. The minimum atomic E-state index is -0.945. The first-order valence-corrected chi connectivity index (χ1v) is 17.1. The van der Waals surface area contributed by atoms with Crippen LogP contribution in [-0.2, 0) is 20.8 Å². The van der Waals surface area contributed by atoms with Gasteiger partial charge in [-0.15, -0.1) is 23.7 Å². The number of Topliss-reactive ketones (excluding diaryl/α,β-unsaturated/α-hetero) is 1. The number of halogens is 1. The number of carbonyl (C=O) groups is 5. The average Bonchev–Trinajstić information content (AvgIpc) is 3.69. The first-order valence-electron chi connectivity index (χ1n) is 16.2. The van der Waals surface area contributed by atoms with Crippen LogP contribution < -0.4 is 16.0 Å². The Bertz CT molecular complexity index is 1360. The Labute approximate surface area is 288 Å². The molecule has 0 aliphatic carbocycles. The molecule has 6 atom stereocenters. The second-order valence-corrected chi connectivity index (χ2v) is 13.7. The fraction of sp³-hybridized carbons (Fsp3) is 0.588. The van der Waals surface area contributed by atoms with E-state index in [0.717, 1.165) is 36.3 Å². The van der Waals surface area contributed by atoms with Crippen LogP contribution in [0.15, 0.2) is 35.7 Å². The molecule has 47 heavy (non-hydrogen) atoms. The van der Waals surface area contributed by atoms with Gasteiger partial charge in [0.25, 0.3) is 5.91 Å². The number of likely N-dealkylation sites (N-methyl/N-ethyl adjacent to an activating group) is 1. The van der Waals surface area contributed by atoms with Crippen LogP contribution in [-0.4, -0.2) is 82.2 Å². The van der Waals surface area contributed by atoms with E-state index in [2.05, 4.69) is 20.9 Å². The third-order valence-electron chi connectivity index (χ3n) is 8.85. The highest BCUT2D eigenvalue weighted by Gasteiger charge is 2.34. The lowest BCUT2D eigenvalue weighted by Crippen LogP contribution is -2.56. The Hall–Kier alpha value is -3.35. The van der Waals surface area contributed by atoms with Crippen LogP contribution >= 0.6 is 23.7 Å². The van der Waals surface area contributed by atoms with Gasteiger partial charge >= 0.3 is 5.97 Å². The van der Waals surface area contributed by atoms with Gasteiger partial charge in [-0.3, -0.25) is 28.9 Å². The Morgan fingerprint density at radius 1 is 1.04 bits per heavy atom. The zero-order valence-electron chi connectivity index (χ0n) is 28.2. The van der Waals surface area contributed by atoms with E-state index < -0.39 is 35.9 Å². The van der Waals surface area contributed by atoms with Crippen LogP contribution in [0, 0.1) is 17.8 Å². The summed E-state index contributed by atoms with van der Waals surface area (Å²) >= 11 is 1.06. The lowest BCUT2D eigenvalue weighted by molar-refractivity contribution is -0.141. The van der Waals surface area contributed by atoms with Gasteiger partial charge in [0.2, 0.25) is 11.8 Å². The molecule has 0 unspecified atom stereocenters. The number of hydrogen-bond acceptors (Lipinski definition) is 8. The fourth-order valence-electron chi connectivity index (χ4n) is 5.59. The summed E-state index contributed by atoms with van der Waals surface area (Å²) in [6.45, 7) is 10.2. The van der Waals surface area contributed by atoms with Crippen molar-refractivity contribution in [1.29, 1.82) is 0 Å². The second-order valence-electron chi connectivity index (χ2n) is 12.9. The normalized spacial score (nSPS) is 17.9. The maximum absolute atomic E-state index is 13.5. The number of thiazole rings is 1. The Morgan fingerprint density at radius 2 is 1.72 bits per heavy atom. The van der Waals surface area contributed by atoms with Gasteiger partial charge in [0.1, 0.15) is 11.7 Å². The molecular weight excluding hydrogens is 642 g/mol. The number of hydrogen-bond donors (Lipinski definition) is 4. The molecule has 0 bridgehead atoms. The molecule has 0 saturated carbocycles. The monoisotopic (exact) mass is 691 g/mol. The van der Waals surface area contributed by atoms with Crippen molar-refractivity contribution in [3.05, 3.63) is 52.0 Å². The molecule has 2 aromatic rings. The van der Waals surface area contributed by atoms with E-state index in [1.807, 2.05) is 70.0 Å². The van der Waals surface area contributed by atoms with E-state index in [4.69, 9.17) is 0 Å². The van der Waals surface area contributed by atoms with Gasteiger partial charge in [0.15, 0.2) is 10.8 Å². The summed E-state index contributed by atoms with van der Waals surface area (Å²) < 4.78 is 0. The van der Waals surface area contributed by atoms with Crippen LogP contribution in [0.2, 0.25) is 0 Å². The van der Waals surface area contributed by atoms with Crippen molar-refractivity contribution >= 4 is 53.2 Å². The Balaban J connectivity index is 0.00000768. The SMILES string of the molecule is CC[C@H](C)[C@H](NC(=O)[C@H]1CCCN1C)C(=O)N[C@H](CC(=O)c1nc(C(=O)N[C@@H](Cc2ccccc2)C[C@H](C)C(=O)O)cs1)C(C)C.Cl. The van der Waals surface area contributed by atoms with E-state index in [1.165, 1.54) is 5.38 Å². The number of aliphatic carboxylic acids is 1. The van der Waals surface area contributed by atoms with Crippen LogP contribution in [0.1, 0.15) is 92.6 Å². The highest BCUT2D eigenvalue weighted by Crippen LogP contribution is 2.20. The number of carboxylic acid groups (broad SMARTS) is 1. The molecule has 1 fully saturated rings. The topological polar surface area (TPSA) is 158 Å². The molecule has 1 aromatic heterocycles. The fourth-order valence-corrected chi connectivity index (χ4v) is 6.34. The summed E-state index contributed by atoms with van der Waals surface area (Å²) in [5, 5.41) is 20.0. The molecule has 1 aliphatic rings. The van der Waals surface area contributed by atoms with Gasteiger partial charge in [-0.2, -0.15) is 0 Å². The zero-order valence-corrected chi connectivity index (χ0v) is 29.8. The van der Waals surface area contributed by atoms with Crippen LogP contribution in [0.4, 0.5) is 0 Å². The van der Waals surface area contributed by atoms with Crippen molar-refractivity contribution in [2.75, 3.05) is 13.6 Å². The molecule has 2 heterocycles. The molecule has 3 rings (SSSR count). The van der Waals surface area contributed by atoms with Gasteiger partial charge in [-0.1, -0.05) is 71.4 Å². The summed E-state index contributed by atoms with van der Waals surface area (Å²) in [4.78, 5) is 70.8. The minimum absolute atomic E-state index is 0. The van der Waals surface area contributed by atoms with E-state index in [-0.39, 0.29) is 71.4 Å². The molecular formula is C34H50ClN5O6S. The first kappa shape index (κ1) is 39.8. The number of ketones is 1. The number of benzene rings is 1. The Morgan fingerprint density at radius 3 is 2.30 bits per heavy atom. The molecule has 0 radical (unpaired) electrons. The smallest absolute Gasteiger partial charge is 0.306 e. The molecule has 0 spiro atoms. The summed E-state index contributed by atoms with van der Waals surface area (Å²) in [5.74, 6) is -3.07. The van der Waals surface area contributed by atoms with Crippen molar-refractivity contribution in [3.63, 3.8) is 0 Å². The Kier molecular flexibility index (Phi) is 16.0. The van der Waals surface area contributed by atoms with Crippen molar-refractivity contribution < 1.29 is 29.1 Å². The van der Waals surface area contributed by atoms with Crippen molar-refractivity contribution in [1.82, 2.24) is 25.8 Å². The van der Waals surface area contributed by atoms with Gasteiger partial charge in [0, 0.05) is 23.9 Å². The second kappa shape index (κ2) is 18.8. The quantitative estimate of drug-likeness (QED) is 0.178. The number of aromatic nitrogens is 1. The molecule has 1 aromatic carbocycles. The zero-order chi connectivity index (χ0) is 34.0. The molecule has 1 saturated heterocycles.